The molecule has 1 aromatic rings. The highest BCUT2D eigenvalue weighted by Gasteiger charge is 2.09. The average molecular weight is 205 g/mol. The van der Waals surface area contributed by atoms with Gasteiger partial charge in [-0.1, -0.05) is 33.1 Å². The van der Waals surface area contributed by atoms with Gasteiger partial charge in [0.1, 0.15) is 6.07 Å². The van der Waals surface area contributed by atoms with Crippen LogP contribution in [0.1, 0.15) is 45.4 Å². The van der Waals surface area contributed by atoms with E-state index in [4.69, 9.17) is 5.26 Å². The van der Waals surface area contributed by atoms with Crippen molar-refractivity contribution in [1.82, 2.24) is 9.55 Å². The maximum absolute atomic E-state index is 8.84. The summed E-state index contributed by atoms with van der Waals surface area (Å²) < 4.78 is 1.96. The maximum atomic E-state index is 8.84. The summed E-state index contributed by atoms with van der Waals surface area (Å²) in [6.45, 7) is 5.35. The number of aromatic nitrogens is 2. The third kappa shape index (κ3) is 3.39. The molecule has 3 nitrogen and oxygen atoms in total. The molecule has 0 aliphatic rings. The second kappa shape index (κ2) is 6.23. The Balaban J connectivity index is 2.55. The number of hydrogen-bond donors (Lipinski definition) is 0. The molecule has 0 amide bonds. The zero-order valence-corrected chi connectivity index (χ0v) is 9.61. The molecule has 0 saturated carbocycles. The molecule has 1 aromatic heterocycles. The molecule has 3 heteroatoms. The molecule has 0 aliphatic carbocycles. The Morgan fingerprint density at radius 1 is 1.53 bits per heavy atom. The Kier molecular flexibility index (Phi) is 4.89. The van der Waals surface area contributed by atoms with E-state index in [0.29, 0.717) is 11.7 Å². The first-order valence-electron chi connectivity index (χ1n) is 5.73. The number of rotatable bonds is 6. The van der Waals surface area contributed by atoms with Gasteiger partial charge in [-0.3, -0.25) is 0 Å². The third-order valence-electron chi connectivity index (χ3n) is 2.81. The van der Waals surface area contributed by atoms with Crippen LogP contribution in [0.2, 0.25) is 0 Å². The van der Waals surface area contributed by atoms with Gasteiger partial charge in [0.15, 0.2) is 0 Å². The molecule has 15 heavy (non-hydrogen) atoms. The van der Waals surface area contributed by atoms with E-state index in [1.807, 2.05) is 10.8 Å². The molecule has 1 heterocycles. The fourth-order valence-electron chi connectivity index (χ4n) is 1.77. The minimum atomic E-state index is 0.532. The van der Waals surface area contributed by atoms with Crippen LogP contribution in [-0.4, -0.2) is 9.55 Å². The highest BCUT2D eigenvalue weighted by Crippen LogP contribution is 2.15. The van der Waals surface area contributed by atoms with Crippen molar-refractivity contribution in [2.75, 3.05) is 0 Å². The Morgan fingerprint density at radius 2 is 2.33 bits per heavy atom. The first-order chi connectivity index (χ1) is 7.31. The van der Waals surface area contributed by atoms with E-state index in [1.165, 1.54) is 25.7 Å². The van der Waals surface area contributed by atoms with E-state index in [9.17, 15) is 0 Å². The number of hydrogen-bond acceptors (Lipinski definition) is 2. The smallest absolute Gasteiger partial charge is 0.212 e. The van der Waals surface area contributed by atoms with Crippen molar-refractivity contribution in [3.63, 3.8) is 0 Å². The molecule has 0 spiro atoms. The van der Waals surface area contributed by atoms with Crippen molar-refractivity contribution in [2.24, 2.45) is 5.92 Å². The van der Waals surface area contributed by atoms with Gasteiger partial charge in [-0.2, -0.15) is 5.26 Å². The summed E-state index contributed by atoms with van der Waals surface area (Å²) in [5, 5.41) is 8.84. The highest BCUT2D eigenvalue weighted by atomic mass is 15.1. The molecule has 0 fully saturated rings. The van der Waals surface area contributed by atoms with Crippen LogP contribution in [-0.2, 0) is 6.54 Å². The average Bonchev–Trinajstić information content (AvgIpc) is 2.71. The van der Waals surface area contributed by atoms with Crippen LogP contribution in [0.25, 0.3) is 0 Å². The molecule has 1 atom stereocenters. The first-order valence-corrected chi connectivity index (χ1v) is 5.73. The standard InChI is InChI=1S/C12H19N3/c1-3-5-6-11(4-2)10-15-8-7-14-12(15)9-13/h7-8,11H,3-6,10H2,1-2H3. The topological polar surface area (TPSA) is 41.6 Å². The van der Waals surface area contributed by atoms with E-state index in [-0.39, 0.29) is 0 Å². The summed E-state index contributed by atoms with van der Waals surface area (Å²) in [7, 11) is 0. The van der Waals surface area contributed by atoms with Crippen LogP contribution in [0.5, 0.6) is 0 Å². The second-order valence-electron chi connectivity index (χ2n) is 3.93. The van der Waals surface area contributed by atoms with E-state index in [2.05, 4.69) is 24.9 Å². The Bertz CT molecular complexity index is 322. The third-order valence-corrected chi connectivity index (χ3v) is 2.81. The van der Waals surface area contributed by atoms with Gasteiger partial charge in [-0.05, 0) is 12.3 Å². The van der Waals surface area contributed by atoms with Gasteiger partial charge in [0.25, 0.3) is 0 Å². The summed E-state index contributed by atoms with van der Waals surface area (Å²) in [5.74, 6) is 1.20. The number of nitrogens with zero attached hydrogens (tertiary/aromatic N) is 3. The minimum absolute atomic E-state index is 0.532. The fraction of sp³-hybridized carbons (Fsp3) is 0.667. The van der Waals surface area contributed by atoms with Crippen LogP contribution >= 0.6 is 0 Å². The predicted molar refractivity (Wildman–Crippen MR) is 60.2 cm³/mol. The van der Waals surface area contributed by atoms with Crippen molar-refractivity contribution in [2.45, 2.75) is 46.1 Å². The molecule has 0 N–H and O–H groups in total. The van der Waals surface area contributed by atoms with Crippen molar-refractivity contribution < 1.29 is 0 Å². The molecular weight excluding hydrogens is 186 g/mol. The number of imidazole rings is 1. The molecule has 82 valence electrons. The van der Waals surface area contributed by atoms with Crippen LogP contribution < -0.4 is 0 Å². The highest BCUT2D eigenvalue weighted by molar-refractivity contribution is 5.11. The van der Waals surface area contributed by atoms with Crippen LogP contribution in [0.15, 0.2) is 12.4 Å². The molecule has 1 rings (SSSR count). The summed E-state index contributed by atoms with van der Waals surface area (Å²) in [4.78, 5) is 4.00. The summed E-state index contributed by atoms with van der Waals surface area (Å²) in [5.41, 5.74) is 0. The lowest BCUT2D eigenvalue weighted by Gasteiger charge is -2.15. The first kappa shape index (κ1) is 11.8. The molecule has 0 radical (unpaired) electrons. The fourth-order valence-corrected chi connectivity index (χ4v) is 1.77. The Morgan fingerprint density at radius 3 is 2.93 bits per heavy atom. The monoisotopic (exact) mass is 205 g/mol. The molecule has 0 bridgehead atoms. The quantitative estimate of drug-likeness (QED) is 0.716. The molecular formula is C12H19N3. The van der Waals surface area contributed by atoms with E-state index < -0.39 is 0 Å². The van der Waals surface area contributed by atoms with Crippen LogP contribution in [0, 0.1) is 17.2 Å². The second-order valence-corrected chi connectivity index (χ2v) is 3.93. The predicted octanol–water partition coefficient (Wildman–Crippen LogP) is 2.97. The van der Waals surface area contributed by atoms with E-state index in [0.717, 1.165) is 6.54 Å². The molecule has 0 aromatic carbocycles. The normalized spacial score (nSPS) is 12.3. The van der Waals surface area contributed by atoms with Crippen molar-refractivity contribution in [3.8, 4) is 6.07 Å². The number of unbranched alkanes of at least 4 members (excludes halogenated alkanes) is 1. The summed E-state index contributed by atoms with van der Waals surface area (Å²) >= 11 is 0. The zero-order chi connectivity index (χ0) is 11.1. The van der Waals surface area contributed by atoms with Gasteiger partial charge in [0, 0.05) is 18.9 Å². The lowest BCUT2D eigenvalue weighted by Crippen LogP contribution is -2.11. The zero-order valence-electron chi connectivity index (χ0n) is 9.61. The molecule has 0 saturated heterocycles. The summed E-state index contributed by atoms with van der Waals surface area (Å²) in [6.07, 6.45) is 8.53. The van der Waals surface area contributed by atoms with Gasteiger partial charge >= 0.3 is 0 Å². The maximum Gasteiger partial charge on any atom is 0.212 e. The van der Waals surface area contributed by atoms with Crippen molar-refractivity contribution >= 4 is 0 Å². The van der Waals surface area contributed by atoms with Gasteiger partial charge in [0.05, 0.1) is 0 Å². The SMILES string of the molecule is CCCCC(CC)Cn1ccnc1C#N. The van der Waals surface area contributed by atoms with Crippen LogP contribution in [0.3, 0.4) is 0 Å². The number of nitriles is 1. The van der Waals surface area contributed by atoms with E-state index in [1.54, 1.807) is 6.20 Å². The van der Waals surface area contributed by atoms with Gasteiger partial charge in [0.2, 0.25) is 5.82 Å². The largest absolute Gasteiger partial charge is 0.322 e. The van der Waals surface area contributed by atoms with Crippen molar-refractivity contribution in [1.29, 1.82) is 5.26 Å². The van der Waals surface area contributed by atoms with Crippen molar-refractivity contribution in [3.05, 3.63) is 18.2 Å². The lowest BCUT2D eigenvalue weighted by molar-refractivity contribution is 0.389. The lowest BCUT2D eigenvalue weighted by atomic mass is 9.99. The Labute approximate surface area is 91.7 Å². The molecule has 0 aliphatic heterocycles. The Hall–Kier alpha value is -1.30. The van der Waals surface area contributed by atoms with E-state index >= 15 is 0 Å². The van der Waals surface area contributed by atoms with Gasteiger partial charge in [-0.15, -0.1) is 0 Å². The summed E-state index contributed by atoms with van der Waals surface area (Å²) in [6, 6.07) is 2.11. The minimum Gasteiger partial charge on any atom is -0.322 e. The molecule has 1 unspecified atom stereocenters. The van der Waals surface area contributed by atoms with Crippen LogP contribution in [0.4, 0.5) is 0 Å². The van der Waals surface area contributed by atoms with Gasteiger partial charge in [-0.25, -0.2) is 4.98 Å². The van der Waals surface area contributed by atoms with Gasteiger partial charge < -0.3 is 4.57 Å².